The van der Waals surface area contributed by atoms with Gasteiger partial charge in [-0.15, -0.1) is 0 Å². The first kappa shape index (κ1) is 15.8. The molecule has 108 valence electrons. The lowest BCUT2D eigenvalue weighted by molar-refractivity contribution is -0.192. The third-order valence-electron chi connectivity index (χ3n) is 2.25. The molecule has 1 aliphatic heterocycles. The van der Waals surface area contributed by atoms with Gasteiger partial charge < -0.3 is 15.2 Å². The van der Waals surface area contributed by atoms with E-state index in [4.69, 9.17) is 19.9 Å². The first-order valence-corrected chi connectivity index (χ1v) is 5.50. The zero-order valence-electron chi connectivity index (χ0n) is 10.1. The van der Waals surface area contributed by atoms with Crippen molar-refractivity contribution < 1.29 is 27.8 Å². The number of alkyl halides is 3. The summed E-state index contributed by atoms with van der Waals surface area (Å²) < 4.78 is 37.3. The van der Waals surface area contributed by atoms with Crippen LogP contribution in [0.25, 0.3) is 0 Å². The number of carboxylic acids is 1. The Kier molecular flexibility index (Phi) is 5.34. The number of nitrogens with zero attached hydrogens (tertiary/aromatic N) is 1. The fourth-order valence-corrected chi connectivity index (χ4v) is 1.18. The zero-order chi connectivity index (χ0) is 15.2. The van der Waals surface area contributed by atoms with Crippen LogP contribution in [0.5, 0.6) is 5.75 Å². The van der Waals surface area contributed by atoms with Crippen LogP contribution in [0.3, 0.4) is 0 Å². The van der Waals surface area contributed by atoms with Crippen molar-refractivity contribution in [3.05, 3.63) is 29.8 Å². The Labute approximate surface area is 112 Å². The van der Waals surface area contributed by atoms with Gasteiger partial charge in [0.05, 0.1) is 11.6 Å². The molecule has 1 aliphatic rings. The van der Waals surface area contributed by atoms with E-state index in [0.717, 1.165) is 18.8 Å². The summed E-state index contributed by atoms with van der Waals surface area (Å²) in [4.78, 5) is 8.90. The molecule has 0 unspecified atom stereocenters. The average Bonchev–Trinajstić information content (AvgIpc) is 2.34. The van der Waals surface area contributed by atoms with Crippen molar-refractivity contribution in [2.45, 2.75) is 12.3 Å². The number of hydrogen-bond donors (Lipinski definition) is 2. The molecule has 1 saturated heterocycles. The fraction of sp³-hybridized carbons (Fsp3) is 0.333. The van der Waals surface area contributed by atoms with Gasteiger partial charge in [0.15, 0.2) is 0 Å². The highest BCUT2D eigenvalue weighted by Gasteiger charge is 2.38. The lowest BCUT2D eigenvalue weighted by Gasteiger charge is -2.27. The number of nitriles is 1. The van der Waals surface area contributed by atoms with Gasteiger partial charge in [0.2, 0.25) is 0 Å². The number of ether oxygens (including phenoxy) is 1. The third kappa shape index (κ3) is 5.16. The van der Waals surface area contributed by atoms with E-state index in [0.29, 0.717) is 5.56 Å². The maximum absolute atomic E-state index is 10.6. The first-order chi connectivity index (χ1) is 9.32. The van der Waals surface area contributed by atoms with Gasteiger partial charge in [-0.2, -0.15) is 18.4 Å². The van der Waals surface area contributed by atoms with E-state index in [2.05, 4.69) is 11.4 Å². The minimum atomic E-state index is -5.08. The van der Waals surface area contributed by atoms with E-state index >= 15 is 0 Å². The summed E-state index contributed by atoms with van der Waals surface area (Å²) in [7, 11) is 0. The molecule has 1 fully saturated rings. The van der Waals surface area contributed by atoms with E-state index in [9.17, 15) is 13.2 Å². The number of rotatable bonds is 2. The standard InChI is InChI=1S/C10H10N2O.C2HF3O2/c11-5-8-2-1-3-9(4-8)13-10-6-12-7-10;3-2(4,5)1(6)7/h1-4,10,12H,6-7H2;(H,6,7). The molecule has 0 radical (unpaired) electrons. The molecule has 8 heteroatoms. The molecule has 2 N–H and O–H groups in total. The highest BCUT2D eigenvalue weighted by atomic mass is 19.4. The Hall–Kier alpha value is -2.27. The number of carboxylic acid groups (broad SMARTS) is 1. The van der Waals surface area contributed by atoms with Crippen LogP contribution in [0.4, 0.5) is 13.2 Å². The molecule has 2 rings (SSSR count). The molecule has 20 heavy (non-hydrogen) atoms. The molecule has 0 aliphatic carbocycles. The fourth-order valence-electron chi connectivity index (χ4n) is 1.18. The number of carbonyl (C=O) groups is 1. The van der Waals surface area contributed by atoms with Crippen molar-refractivity contribution in [2.24, 2.45) is 0 Å². The molecule has 0 bridgehead atoms. The normalized spacial score (nSPS) is 14.3. The van der Waals surface area contributed by atoms with Gasteiger partial charge in [0.25, 0.3) is 0 Å². The quantitative estimate of drug-likeness (QED) is 0.862. The highest BCUT2D eigenvalue weighted by Crippen LogP contribution is 2.15. The summed E-state index contributed by atoms with van der Waals surface area (Å²) in [6.07, 6.45) is -4.81. The van der Waals surface area contributed by atoms with Crippen LogP contribution < -0.4 is 10.1 Å². The molecule has 1 aromatic rings. The minimum absolute atomic E-state index is 0.272. The predicted octanol–water partition coefficient (Wildman–Crippen LogP) is 1.54. The van der Waals surface area contributed by atoms with Crippen LogP contribution >= 0.6 is 0 Å². The number of hydrogen-bond acceptors (Lipinski definition) is 4. The van der Waals surface area contributed by atoms with E-state index in [-0.39, 0.29) is 6.10 Å². The van der Waals surface area contributed by atoms with Gasteiger partial charge in [0.1, 0.15) is 11.9 Å². The SMILES string of the molecule is N#Cc1cccc(OC2CNC2)c1.O=C(O)C(F)(F)F. The first-order valence-electron chi connectivity index (χ1n) is 5.50. The van der Waals surface area contributed by atoms with E-state index in [1.54, 1.807) is 12.1 Å². The monoisotopic (exact) mass is 288 g/mol. The molecule has 1 aromatic carbocycles. The number of nitrogens with one attached hydrogen (secondary N) is 1. The second kappa shape index (κ2) is 6.77. The highest BCUT2D eigenvalue weighted by molar-refractivity contribution is 5.73. The summed E-state index contributed by atoms with van der Waals surface area (Å²) in [6, 6.07) is 9.32. The van der Waals surface area contributed by atoms with Crippen LogP contribution in [-0.4, -0.2) is 36.4 Å². The lowest BCUT2D eigenvalue weighted by atomic mass is 10.2. The number of benzene rings is 1. The summed E-state index contributed by atoms with van der Waals surface area (Å²) >= 11 is 0. The summed E-state index contributed by atoms with van der Waals surface area (Å²) in [5.74, 6) is -1.97. The Bertz CT molecular complexity index is 507. The molecule has 0 aromatic heterocycles. The van der Waals surface area contributed by atoms with Crippen LogP contribution in [0, 0.1) is 11.3 Å². The summed E-state index contributed by atoms with van der Waals surface area (Å²) in [5.41, 5.74) is 0.643. The molecule has 0 atom stereocenters. The van der Waals surface area contributed by atoms with Crippen molar-refractivity contribution in [1.82, 2.24) is 5.32 Å². The van der Waals surface area contributed by atoms with Crippen molar-refractivity contribution in [3.63, 3.8) is 0 Å². The van der Waals surface area contributed by atoms with Crippen molar-refractivity contribution in [2.75, 3.05) is 13.1 Å². The molecular weight excluding hydrogens is 277 g/mol. The number of aliphatic carboxylic acids is 1. The van der Waals surface area contributed by atoms with Crippen molar-refractivity contribution >= 4 is 5.97 Å². The largest absolute Gasteiger partial charge is 0.490 e. The lowest BCUT2D eigenvalue weighted by Crippen LogP contribution is -2.50. The maximum atomic E-state index is 10.6. The Balaban J connectivity index is 0.000000246. The molecule has 5 nitrogen and oxygen atoms in total. The Morgan fingerprint density at radius 3 is 2.45 bits per heavy atom. The summed E-state index contributed by atoms with van der Waals surface area (Å²) in [6.45, 7) is 1.80. The maximum Gasteiger partial charge on any atom is 0.490 e. The minimum Gasteiger partial charge on any atom is -0.488 e. The van der Waals surface area contributed by atoms with Crippen LogP contribution in [0.1, 0.15) is 5.56 Å². The number of halogens is 3. The van der Waals surface area contributed by atoms with Crippen molar-refractivity contribution in [1.29, 1.82) is 5.26 Å². The zero-order valence-corrected chi connectivity index (χ0v) is 10.1. The van der Waals surface area contributed by atoms with Gasteiger partial charge in [-0.3, -0.25) is 0 Å². The molecule has 1 heterocycles. The van der Waals surface area contributed by atoms with Gasteiger partial charge in [-0.05, 0) is 18.2 Å². The van der Waals surface area contributed by atoms with E-state index in [1.165, 1.54) is 0 Å². The third-order valence-corrected chi connectivity index (χ3v) is 2.25. The smallest absolute Gasteiger partial charge is 0.488 e. The second-order valence-corrected chi connectivity index (χ2v) is 3.84. The van der Waals surface area contributed by atoms with Crippen LogP contribution in [0.15, 0.2) is 24.3 Å². The molecule has 0 spiro atoms. The molecule has 0 saturated carbocycles. The van der Waals surface area contributed by atoms with Crippen molar-refractivity contribution in [3.8, 4) is 11.8 Å². The summed E-state index contributed by atoms with van der Waals surface area (Å²) in [5, 5.41) is 18.9. The topological polar surface area (TPSA) is 82.3 Å². The van der Waals surface area contributed by atoms with Crippen LogP contribution in [0.2, 0.25) is 0 Å². The second-order valence-electron chi connectivity index (χ2n) is 3.84. The van der Waals surface area contributed by atoms with Gasteiger partial charge in [-0.1, -0.05) is 6.07 Å². The van der Waals surface area contributed by atoms with E-state index < -0.39 is 12.1 Å². The molecular formula is C12H11F3N2O3. The Morgan fingerprint density at radius 2 is 2.05 bits per heavy atom. The van der Waals surface area contributed by atoms with Crippen LogP contribution in [-0.2, 0) is 4.79 Å². The van der Waals surface area contributed by atoms with Gasteiger partial charge in [0, 0.05) is 13.1 Å². The Morgan fingerprint density at radius 1 is 1.45 bits per heavy atom. The van der Waals surface area contributed by atoms with Gasteiger partial charge in [-0.25, -0.2) is 4.79 Å². The van der Waals surface area contributed by atoms with Gasteiger partial charge >= 0.3 is 12.1 Å². The molecule has 0 amide bonds. The average molecular weight is 288 g/mol. The predicted molar refractivity (Wildman–Crippen MR) is 62.1 cm³/mol. The van der Waals surface area contributed by atoms with E-state index in [1.807, 2.05) is 12.1 Å².